The van der Waals surface area contributed by atoms with Crippen molar-refractivity contribution in [1.82, 2.24) is 4.98 Å². The van der Waals surface area contributed by atoms with E-state index in [9.17, 15) is 25.3 Å². The Morgan fingerprint density at radius 1 is 1.11 bits per heavy atom. The van der Waals surface area contributed by atoms with Gasteiger partial charge in [-0.2, -0.15) is 5.10 Å². The number of anilines is 1. The molecule has 0 radical (unpaired) electrons. The predicted octanol–water partition coefficient (Wildman–Crippen LogP) is 3.78. The number of rotatable bonds is 6. The summed E-state index contributed by atoms with van der Waals surface area (Å²) in [5, 5.41) is 37.1. The molecule has 0 amide bonds. The summed E-state index contributed by atoms with van der Waals surface area (Å²) in [4.78, 5) is 24.7. The topological polar surface area (TPSA) is 144 Å². The molecule has 0 aliphatic rings. The van der Waals surface area contributed by atoms with E-state index in [0.717, 1.165) is 5.56 Å². The minimum Gasteiger partial charge on any atom is -0.502 e. The summed E-state index contributed by atoms with van der Waals surface area (Å²) in [6.07, 6.45) is 1.36. The van der Waals surface area contributed by atoms with E-state index in [1.165, 1.54) is 47.9 Å². The number of nitro benzene ring substituents is 2. The fourth-order valence-corrected chi connectivity index (χ4v) is 2.81. The van der Waals surface area contributed by atoms with Gasteiger partial charge in [-0.05, 0) is 24.3 Å². The van der Waals surface area contributed by atoms with Crippen molar-refractivity contribution in [3.8, 4) is 17.0 Å². The van der Waals surface area contributed by atoms with E-state index >= 15 is 0 Å². The van der Waals surface area contributed by atoms with Crippen molar-refractivity contribution < 1.29 is 15.0 Å². The molecular formula is C16H11N5O5S. The number of hydrogen-bond donors (Lipinski definition) is 2. The lowest BCUT2D eigenvalue weighted by Crippen LogP contribution is -1.93. The van der Waals surface area contributed by atoms with Gasteiger partial charge >= 0.3 is 5.69 Å². The summed E-state index contributed by atoms with van der Waals surface area (Å²) in [7, 11) is 0. The summed E-state index contributed by atoms with van der Waals surface area (Å²) < 4.78 is 0. The van der Waals surface area contributed by atoms with Gasteiger partial charge in [0, 0.05) is 34.7 Å². The number of hydrogen-bond acceptors (Lipinski definition) is 9. The maximum atomic E-state index is 10.8. The van der Waals surface area contributed by atoms with E-state index < -0.39 is 21.3 Å². The van der Waals surface area contributed by atoms with Crippen LogP contribution in [0.3, 0.4) is 0 Å². The number of phenolic OH excluding ortho intramolecular Hbond substituents is 1. The van der Waals surface area contributed by atoms with Crippen LogP contribution in [-0.4, -0.2) is 26.2 Å². The lowest BCUT2D eigenvalue weighted by molar-refractivity contribution is -0.385. The Hall–Kier alpha value is -3.86. The van der Waals surface area contributed by atoms with Crippen molar-refractivity contribution in [3.05, 3.63) is 73.6 Å². The molecule has 0 aliphatic carbocycles. The Balaban J connectivity index is 1.69. The standard InChI is InChI=1S/C16H11N5O5S/c22-15-6-1-10(7-14(15)21(25)26)8-17-19-16-18-13(9-27-16)11-2-4-12(5-3-11)20(23)24/h1-9,22H,(H,18,19)/b17-8-. The van der Waals surface area contributed by atoms with Crippen LogP contribution in [0.5, 0.6) is 5.75 Å². The predicted molar refractivity (Wildman–Crippen MR) is 100 cm³/mol. The van der Waals surface area contributed by atoms with E-state index in [0.29, 0.717) is 16.4 Å². The highest BCUT2D eigenvalue weighted by atomic mass is 32.1. The average Bonchev–Trinajstić information content (AvgIpc) is 3.12. The molecule has 3 aromatic rings. The van der Waals surface area contributed by atoms with Crippen LogP contribution in [0.25, 0.3) is 11.3 Å². The van der Waals surface area contributed by atoms with Gasteiger partial charge in [0.15, 0.2) is 5.75 Å². The highest BCUT2D eigenvalue weighted by Crippen LogP contribution is 2.27. The largest absolute Gasteiger partial charge is 0.502 e. The van der Waals surface area contributed by atoms with Crippen LogP contribution in [0, 0.1) is 20.2 Å². The third-order valence-electron chi connectivity index (χ3n) is 3.45. The van der Waals surface area contributed by atoms with Crippen LogP contribution < -0.4 is 5.43 Å². The fourth-order valence-electron chi connectivity index (χ4n) is 2.14. The van der Waals surface area contributed by atoms with Crippen molar-refractivity contribution in [1.29, 1.82) is 0 Å². The van der Waals surface area contributed by atoms with Gasteiger partial charge in [-0.1, -0.05) is 0 Å². The molecule has 0 saturated heterocycles. The van der Waals surface area contributed by atoms with E-state index in [1.54, 1.807) is 17.5 Å². The smallest absolute Gasteiger partial charge is 0.311 e. The van der Waals surface area contributed by atoms with Crippen molar-refractivity contribution in [2.24, 2.45) is 5.10 Å². The molecule has 0 bridgehead atoms. The second kappa shape index (κ2) is 7.58. The van der Waals surface area contributed by atoms with E-state index in [2.05, 4.69) is 15.5 Å². The summed E-state index contributed by atoms with van der Waals surface area (Å²) in [6, 6.07) is 9.92. The van der Waals surface area contributed by atoms with Crippen LogP contribution in [0.1, 0.15) is 5.56 Å². The first-order valence-electron chi connectivity index (χ1n) is 7.41. The zero-order chi connectivity index (χ0) is 19.4. The zero-order valence-corrected chi connectivity index (χ0v) is 14.3. The molecule has 0 unspecified atom stereocenters. The number of phenols is 1. The Kier molecular flexibility index (Phi) is 5.04. The van der Waals surface area contributed by atoms with Gasteiger partial charge in [0.1, 0.15) is 0 Å². The molecule has 0 fully saturated rings. The van der Waals surface area contributed by atoms with Gasteiger partial charge in [-0.3, -0.25) is 25.7 Å². The molecule has 11 heteroatoms. The van der Waals surface area contributed by atoms with Gasteiger partial charge in [-0.25, -0.2) is 4.98 Å². The molecule has 0 aliphatic heterocycles. The molecule has 0 saturated carbocycles. The number of benzene rings is 2. The summed E-state index contributed by atoms with van der Waals surface area (Å²) >= 11 is 1.28. The molecule has 27 heavy (non-hydrogen) atoms. The Labute approximate surface area is 155 Å². The van der Waals surface area contributed by atoms with Crippen molar-refractivity contribution in [2.75, 3.05) is 5.43 Å². The number of aromatic nitrogens is 1. The average molecular weight is 385 g/mol. The molecule has 0 atom stereocenters. The van der Waals surface area contributed by atoms with Gasteiger partial charge in [0.2, 0.25) is 5.13 Å². The van der Waals surface area contributed by atoms with Crippen LogP contribution in [-0.2, 0) is 0 Å². The minimum absolute atomic E-state index is 0.0000747. The SMILES string of the molecule is O=[N+]([O-])c1ccc(-c2csc(N/N=C\c3ccc(O)c([N+](=O)[O-])c3)n2)cc1. The van der Waals surface area contributed by atoms with Gasteiger partial charge in [0.05, 0.1) is 21.8 Å². The summed E-state index contributed by atoms with van der Waals surface area (Å²) in [6.45, 7) is 0. The van der Waals surface area contributed by atoms with Crippen molar-refractivity contribution in [3.63, 3.8) is 0 Å². The normalized spacial score (nSPS) is 10.8. The zero-order valence-electron chi connectivity index (χ0n) is 13.5. The van der Waals surface area contributed by atoms with E-state index in [-0.39, 0.29) is 5.69 Å². The molecule has 10 nitrogen and oxygen atoms in total. The number of hydrazone groups is 1. The summed E-state index contributed by atoms with van der Waals surface area (Å²) in [5.74, 6) is -0.419. The Morgan fingerprint density at radius 2 is 1.85 bits per heavy atom. The van der Waals surface area contributed by atoms with Crippen LogP contribution >= 0.6 is 11.3 Å². The van der Waals surface area contributed by atoms with Gasteiger partial charge in [0.25, 0.3) is 5.69 Å². The number of nitrogens with one attached hydrogen (secondary N) is 1. The highest BCUT2D eigenvalue weighted by Gasteiger charge is 2.12. The second-order valence-corrected chi connectivity index (χ2v) is 6.08. The number of thiazole rings is 1. The van der Waals surface area contributed by atoms with Crippen molar-refractivity contribution >= 4 is 34.1 Å². The van der Waals surface area contributed by atoms with Crippen LogP contribution in [0.2, 0.25) is 0 Å². The third-order valence-corrected chi connectivity index (χ3v) is 4.19. The minimum atomic E-state index is -0.683. The number of nitrogens with zero attached hydrogens (tertiary/aromatic N) is 4. The Morgan fingerprint density at radius 3 is 2.52 bits per heavy atom. The molecule has 0 spiro atoms. The lowest BCUT2D eigenvalue weighted by Gasteiger charge is -1.98. The highest BCUT2D eigenvalue weighted by molar-refractivity contribution is 7.14. The maximum Gasteiger partial charge on any atom is 0.311 e. The molecular weight excluding hydrogens is 374 g/mol. The maximum absolute atomic E-state index is 10.8. The van der Waals surface area contributed by atoms with E-state index in [1.807, 2.05) is 0 Å². The summed E-state index contributed by atoms with van der Waals surface area (Å²) in [5.41, 5.74) is 4.09. The monoisotopic (exact) mass is 385 g/mol. The lowest BCUT2D eigenvalue weighted by atomic mass is 10.1. The molecule has 3 rings (SSSR count). The molecule has 2 aromatic carbocycles. The van der Waals surface area contributed by atoms with Gasteiger partial charge < -0.3 is 5.11 Å². The molecule has 136 valence electrons. The number of nitro groups is 2. The number of non-ortho nitro benzene ring substituents is 1. The van der Waals surface area contributed by atoms with Crippen molar-refractivity contribution in [2.45, 2.75) is 0 Å². The van der Waals surface area contributed by atoms with Crippen LogP contribution in [0.4, 0.5) is 16.5 Å². The number of aromatic hydroxyl groups is 1. The first-order chi connectivity index (χ1) is 12.9. The van der Waals surface area contributed by atoms with Crippen LogP contribution in [0.15, 0.2) is 52.9 Å². The second-order valence-electron chi connectivity index (χ2n) is 5.22. The Bertz CT molecular complexity index is 1030. The van der Waals surface area contributed by atoms with E-state index in [4.69, 9.17) is 0 Å². The molecule has 2 N–H and O–H groups in total. The quantitative estimate of drug-likeness (QED) is 0.373. The fraction of sp³-hybridized carbons (Fsp3) is 0. The van der Waals surface area contributed by atoms with Gasteiger partial charge in [-0.15, -0.1) is 11.3 Å². The molecule has 1 heterocycles. The molecule has 1 aromatic heterocycles. The third kappa shape index (κ3) is 4.22. The first kappa shape index (κ1) is 17.9. The first-order valence-corrected chi connectivity index (χ1v) is 8.29.